The van der Waals surface area contributed by atoms with Gasteiger partial charge in [0.25, 0.3) is 0 Å². The van der Waals surface area contributed by atoms with Crippen LogP contribution < -0.4 is 11.1 Å². The minimum atomic E-state index is -0.928. The maximum atomic E-state index is 13.1. The van der Waals surface area contributed by atoms with Gasteiger partial charge in [0.2, 0.25) is 5.91 Å². The van der Waals surface area contributed by atoms with E-state index in [1.165, 1.54) is 25.3 Å². The zero-order valence-corrected chi connectivity index (χ0v) is 13.3. The number of halogens is 3. The van der Waals surface area contributed by atoms with Crippen LogP contribution in [0, 0.1) is 17.6 Å². The number of hydrogen-bond acceptors (Lipinski definition) is 2. The van der Waals surface area contributed by atoms with Gasteiger partial charge in [-0.25, -0.2) is 8.78 Å². The smallest absolute Gasteiger partial charge is 0.224 e. The third kappa shape index (κ3) is 5.21. The van der Waals surface area contributed by atoms with Crippen LogP contribution in [0.5, 0.6) is 0 Å². The first-order valence-electron chi connectivity index (χ1n) is 7.53. The van der Waals surface area contributed by atoms with Crippen molar-refractivity contribution in [3.8, 4) is 0 Å². The highest BCUT2D eigenvalue weighted by atomic mass is 35.5. The molecule has 1 amide bonds. The predicted octanol–water partition coefficient (Wildman–Crippen LogP) is 2.95. The molecule has 0 radical (unpaired) electrons. The molecule has 0 heterocycles. The molecule has 1 unspecified atom stereocenters. The molecule has 22 heavy (non-hydrogen) atoms. The molecule has 1 aromatic rings. The largest absolute Gasteiger partial charge is 0.352 e. The molecular weight excluding hydrogens is 310 g/mol. The molecule has 3 nitrogen and oxygen atoms in total. The second kappa shape index (κ2) is 9.06. The monoisotopic (exact) mass is 332 g/mol. The van der Waals surface area contributed by atoms with Crippen LogP contribution in [-0.4, -0.2) is 18.5 Å². The van der Waals surface area contributed by atoms with Crippen molar-refractivity contribution in [3.05, 3.63) is 35.4 Å². The van der Waals surface area contributed by atoms with Crippen LogP contribution in [-0.2, 0) is 11.2 Å². The van der Waals surface area contributed by atoms with Gasteiger partial charge in [-0.05, 0) is 36.5 Å². The lowest BCUT2D eigenvalue weighted by molar-refractivity contribution is -0.121. The summed E-state index contributed by atoms with van der Waals surface area (Å²) in [6, 6.07) is 3.51. The standard InChI is InChI=1S/C16H22F2N2O.ClH/c17-13-7-6-11(8-14(13)18)9-16(21)20-15(10-19)12-4-2-1-3-5-12;/h6-8,12,15H,1-5,9-10,19H2,(H,20,21);1H. The number of rotatable bonds is 5. The molecule has 1 aliphatic carbocycles. The highest BCUT2D eigenvalue weighted by Crippen LogP contribution is 2.26. The lowest BCUT2D eigenvalue weighted by Gasteiger charge is -2.30. The number of hydrogen-bond donors (Lipinski definition) is 2. The fourth-order valence-corrected chi connectivity index (χ4v) is 3.00. The zero-order valence-electron chi connectivity index (χ0n) is 12.5. The average Bonchev–Trinajstić information content (AvgIpc) is 2.49. The lowest BCUT2D eigenvalue weighted by atomic mass is 9.84. The van der Waals surface area contributed by atoms with Crippen LogP contribution in [0.15, 0.2) is 18.2 Å². The Balaban J connectivity index is 0.00000242. The summed E-state index contributed by atoms with van der Waals surface area (Å²) >= 11 is 0. The van der Waals surface area contributed by atoms with Gasteiger partial charge in [0, 0.05) is 12.6 Å². The number of carbonyl (C=O) groups excluding carboxylic acids is 1. The van der Waals surface area contributed by atoms with E-state index in [4.69, 9.17) is 5.73 Å². The first-order chi connectivity index (χ1) is 10.1. The Kier molecular flexibility index (Phi) is 7.76. The molecule has 3 N–H and O–H groups in total. The van der Waals surface area contributed by atoms with Gasteiger partial charge in [0.05, 0.1) is 6.42 Å². The molecule has 0 aliphatic heterocycles. The van der Waals surface area contributed by atoms with E-state index in [0.717, 1.165) is 25.0 Å². The highest BCUT2D eigenvalue weighted by molar-refractivity contribution is 5.85. The summed E-state index contributed by atoms with van der Waals surface area (Å²) in [6.07, 6.45) is 5.83. The molecule has 2 rings (SSSR count). The van der Waals surface area contributed by atoms with Crippen molar-refractivity contribution in [2.75, 3.05) is 6.54 Å². The molecule has 0 bridgehead atoms. The highest BCUT2D eigenvalue weighted by Gasteiger charge is 2.24. The van der Waals surface area contributed by atoms with E-state index >= 15 is 0 Å². The Morgan fingerprint density at radius 3 is 2.50 bits per heavy atom. The minimum Gasteiger partial charge on any atom is -0.352 e. The quantitative estimate of drug-likeness (QED) is 0.871. The van der Waals surface area contributed by atoms with Crippen LogP contribution in [0.1, 0.15) is 37.7 Å². The van der Waals surface area contributed by atoms with Crippen LogP contribution >= 0.6 is 12.4 Å². The van der Waals surface area contributed by atoms with Crippen molar-refractivity contribution in [3.63, 3.8) is 0 Å². The zero-order chi connectivity index (χ0) is 15.2. The molecule has 1 aromatic carbocycles. The number of carbonyl (C=O) groups is 1. The molecule has 124 valence electrons. The molecule has 0 saturated heterocycles. The third-order valence-corrected chi connectivity index (χ3v) is 4.17. The van der Waals surface area contributed by atoms with Gasteiger partial charge >= 0.3 is 0 Å². The van der Waals surface area contributed by atoms with Gasteiger partial charge in [-0.2, -0.15) is 0 Å². The van der Waals surface area contributed by atoms with E-state index in [2.05, 4.69) is 5.32 Å². The predicted molar refractivity (Wildman–Crippen MR) is 84.9 cm³/mol. The number of nitrogens with one attached hydrogen (secondary N) is 1. The van der Waals surface area contributed by atoms with E-state index in [9.17, 15) is 13.6 Å². The van der Waals surface area contributed by atoms with Crippen LogP contribution in [0.4, 0.5) is 8.78 Å². The Morgan fingerprint density at radius 1 is 1.23 bits per heavy atom. The second-order valence-corrected chi connectivity index (χ2v) is 5.73. The number of benzene rings is 1. The maximum absolute atomic E-state index is 13.1. The summed E-state index contributed by atoms with van der Waals surface area (Å²) in [5.41, 5.74) is 6.23. The fraction of sp³-hybridized carbons (Fsp3) is 0.562. The summed E-state index contributed by atoms with van der Waals surface area (Å²) in [4.78, 5) is 12.0. The van der Waals surface area contributed by atoms with Crippen LogP contribution in [0.2, 0.25) is 0 Å². The van der Waals surface area contributed by atoms with Gasteiger partial charge in [-0.15, -0.1) is 12.4 Å². The molecule has 0 spiro atoms. The topological polar surface area (TPSA) is 55.1 Å². The summed E-state index contributed by atoms with van der Waals surface area (Å²) in [5.74, 6) is -1.59. The molecular formula is C16H23ClF2N2O. The van der Waals surface area contributed by atoms with E-state index in [0.29, 0.717) is 18.0 Å². The molecule has 6 heteroatoms. The van der Waals surface area contributed by atoms with E-state index < -0.39 is 11.6 Å². The Hall–Kier alpha value is -1.20. The summed E-state index contributed by atoms with van der Waals surface area (Å²) < 4.78 is 26.0. The first-order valence-corrected chi connectivity index (χ1v) is 7.53. The number of nitrogens with two attached hydrogens (primary N) is 1. The Labute approximate surface area is 136 Å². The van der Waals surface area contributed by atoms with Gasteiger partial charge in [0.15, 0.2) is 11.6 Å². The van der Waals surface area contributed by atoms with Crippen LogP contribution in [0.25, 0.3) is 0 Å². The Morgan fingerprint density at radius 2 is 1.91 bits per heavy atom. The van der Waals surface area contributed by atoms with Crippen molar-refractivity contribution in [1.29, 1.82) is 0 Å². The second-order valence-electron chi connectivity index (χ2n) is 5.73. The molecule has 1 fully saturated rings. The van der Waals surface area contributed by atoms with Gasteiger partial charge in [0.1, 0.15) is 0 Å². The fourth-order valence-electron chi connectivity index (χ4n) is 3.00. The van der Waals surface area contributed by atoms with Gasteiger partial charge in [-0.1, -0.05) is 25.3 Å². The molecule has 0 aromatic heterocycles. The summed E-state index contributed by atoms with van der Waals surface area (Å²) in [5, 5.41) is 2.94. The van der Waals surface area contributed by atoms with Crippen molar-refractivity contribution < 1.29 is 13.6 Å². The van der Waals surface area contributed by atoms with E-state index in [1.807, 2.05) is 0 Å². The van der Waals surface area contributed by atoms with Gasteiger partial charge in [-0.3, -0.25) is 4.79 Å². The third-order valence-electron chi connectivity index (χ3n) is 4.17. The van der Waals surface area contributed by atoms with Crippen molar-refractivity contribution in [1.82, 2.24) is 5.32 Å². The normalized spacial score (nSPS) is 16.7. The van der Waals surface area contributed by atoms with Crippen LogP contribution in [0.3, 0.4) is 0 Å². The molecule has 1 saturated carbocycles. The van der Waals surface area contributed by atoms with Gasteiger partial charge < -0.3 is 11.1 Å². The average molecular weight is 333 g/mol. The van der Waals surface area contributed by atoms with Crippen molar-refractivity contribution >= 4 is 18.3 Å². The molecule has 1 aliphatic rings. The van der Waals surface area contributed by atoms with E-state index in [-0.39, 0.29) is 30.8 Å². The first kappa shape index (κ1) is 18.8. The van der Waals surface area contributed by atoms with Crippen molar-refractivity contribution in [2.24, 2.45) is 11.7 Å². The lowest BCUT2D eigenvalue weighted by Crippen LogP contribution is -2.46. The Bertz CT molecular complexity index is 493. The summed E-state index contributed by atoms with van der Waals surface area (Å²) in [7, 11) is 0. The van der Waals surface area contributed by atoms with E-state index in [1.54, 1.807) is 0 Å². The maximum Gasteiger partial charge on any atom is 0.224 e. The van der Waals surface area contributed by atoms with Crippen molar-refractivity contribution in [2.45, 2.75) is 44.6 Å². The number of amides is 1. The minimum absolute atomic E-state index is 0. The SMILES string of the molecule is Cl.NCC(NC(=O)Cc1ccc(F)c(F)c1)C1CCCCC1. The molecule has 1 atom stereocenters. The summed E-state index contributed by atoms with van der Waals surface area (Å²) in [6.45, 7) is 0.411.